The molecule has 0 fully saturated rings. The summed E-state index contributed by atoms with van der Waals surface area (Å²) in [6.07, 6.45) is 4.75. The van der Waals surface area contributed by atoms with Crippen LogP contribution in [0.25, 0.3) is 11.4 Å². The summed E-state index contributed by atoms with van der Waals surface area (Å²) >= 11 is 1.90. The van der Waals surface area contributed by atoms with Gasteiger partial charge in [0.2, 0.25) is 0 Å². The van der Waals surface area contributed by atoms with Gasteiger partial charge in [-0.25, -0.2) is 9.97 Å². The number of nitrogens with one attached hydrogen (secondary N) is 1. The fourth-order valence-corrected chi connectivity index (χ4v) is 3.33. The number of aryl methyl sites for hydroxylation is 1. The zero-order chi connectivity index (χ0) is 13.9. The molecule has 0 atom stereocenters. The molecule has 2 aromatic heterocycles. The van der Waals surface area contributed by atoms with Crippen molar-refractivity contribution in [2.24, 2.45) is 0 Å². The van der Waals surface area contributed by atoms with Gasteiger partial charge in [-0.05, 0) is 25.0 Å². The van der Waals surface area contributed by atoms with Gasteiger partial charge in [-0.15, -0.1) is 0 Å². The lowest BCUT2D eigenvalue weighted by molar-refractivity contribution is 0.954. The summed E-state index contributed by atoms with van der Waals surface area (Å²) in [6.45, 7) is 5.16. The van der Waals surface area contributed by atoms with Crippen LogP contribution in [0.15, 0.2) is 18.5 Å². The summed E-state index contributed by atoms with van der Waals surface area (Å²) in [5, 5.41) is 3.44. The first-order chi connectivity index (χ1) is 9.79. The Balaban J connectivity index is 2.06. The van der Waals surface area contributed by atoms with E-state index in [9.17, 15) is 0 Å². The molecule has 3 heterocycles. The summed E-state index contributed by atoms with van der Waals surface area (Å²) < 4.78 is 0. The monoisotopic (exact) mass is 286 g/mol. The van der Waals surface area contributed by atoms with Gasteiger partial charge < -0.3 is 5.32 Å². The highest BCUT2D eigenvalue weighted by Crippen LogP contribution is 2.34. The normalized spacial score (nSPS) is 13.3. The van der Waals surface area contributed by atoms with Crippen LogP contribution in [-0.4, -0.2) is 21.5 Å². The topological polar surface area (TPSA) is 50.7 Å². The largest absolute Gasteiger partial charge is 0.370 e. The fourth-order valence-electron chi connectivity index (χ4n) is 2.29. The van der Waals surface area contributed by atoms with Gasteiger partial charge in [-0.2, -0.15) is 11.8 Å². The third-order valence-electron chi connectivity index (χ3n) is 3.38. The van der Waals surface area contributed by atoms with E-state index in [1.807, 2.05) is 30.9 Å². The lowest BCUT2D eigenvalue weighted by Gasteiger charge is -2.12. The molecule has 0 unspecified atom stereocenters. The Labute approximate surface area is 123 Å². The predicted octanol–water partition coefficient (Wildman–Crippen LogP) is 3.42. The first-order valence-corrected chi connectivity index (χ1v) is 8.07. The van der Waals surface area contributed by atoms with E-state index in [4.69, 9.17) is 9.97 Å². The number of aromatic nitrogens is 3. The molecule has 0 bridgehead atoms. The molecule has 2 aromatic rings. The molecule has 0 aromatic carbocycles. The Hall–Kier alpha value is -1.62. The second-order valence-corrected chi connectivity index (χ2v) is 5.92. The minimum absolute atomic E-state index is 0.810. The third kappa shape index (κ3) is 2.50. The first kappa shape index (κ1) is 13.4. The Bertz CT molecular complexity index is 627. The van der Waals surface area contributed by atoms with Gasteiger partial charge >= 0.3 is 0 Å². The number of thioether (sulfide) groups is 1. The summed E-state index contributed by atoms with van der Waals surface area (Å²) in [7, 11) is 0. The van der Waals surface area contributed by atoms with Gasteiger partial charge in [0.15, 0.2) is 5.82 Å². The van der Waals surface area contributed by atoms with Gasteiger partial charge in [-0.3, -0.25) is 4.98 Å². The van der Waals surface area contributed by atoms with Gasteiger partial charge in [-0.1, -0.05) is 6.92 Å². The molecular formula is C15H18N4S. The number of hydrogen-bond donors (Lipinski definition) is 1. The van der Waals surface area contributed by atoms with Gasteiger partial charge in [0.1, 0.15) is 5.82 Å². The van der Waals surface area contributed by atoms with E-state index in [1.165, 1.54) is 11.3 Å². The minimum atomic E-state index is 0.810. The van der Waals surface area contributed by atoms with E-state index in [1.54, 1.807) is 6.20 Å². The van der Waals surface area contributed by atoms with Crippen molar-refractivity contribution in [2.45, 2.75) is 31.8 Å². The smallest absolute Gasteiger partial charge is 0.162 e. The molecule has 0 saturated heterocycles. The Morgan fingerprint density at radius 2 is 2.20 bits per heavy atom. The van der Waals surface area contributed by atoms with Crippen LogP contribution in [0.4, 0.5) is 5.82 Å². The van der Waals surface area contributed by atoms with Gasteiger partial charge in [0.25, 0.3) is 0 Å². The molecule has 0 aliphatic carbocycles. The zero-order valence-corrected chi connectivity index (χ0v) is 12.6. The van der Waals surface area contributed by atoms with Crippen molar-refractivity contribution in [1.82, 2.24) is 15.0 Å². The maximum absolute atomic E-state index is 4.75. The molecule has 3 rings (SSSR count). The number of hydrogen-bond acceptors (Lipinski definition) is 5. The fraction of sp³-hybridized carbons (Fsp3) is 0.400. The predicted molar refractivity (Wildman–Crippen MR) is 83.8 cm³/mol. The maximum atomic E-state index is 4.75. The molecule has 1 aliphatic rings. The molecule has 1 aliphatic heterocycles. The number of anilines is 1. The molecular weight excluding hydrogens is 268 g/mol. The lowest BCUT2D eigenvalue weighted by Crippen LogP contribution is -2.08. The van der Waals surface area contributed by atoms with Crippen molar-refractivity contribution in [3.05, 3.63) is 35.3 Å². The van der Waals surface area contributed by atoms with Crippen LogP contribution >= 0.6 is 11.8 Å². The number of pyridine rings is 1. The summed E-state index contributed by atoms with van der Waals surface area (Å²) in [4.78, 5) is 13.6. The molecule has 0 saturated carbocycles. The molecule has 4 nitrogen and oxygen atoms in total. The van der Waals surface area contributed by atoms with Crippen LogP contribution in [0, 0.1) is 6.92 Å². The molecule has 5 heteroatoms. The second-order valence-electron chi connectivity index (χ2n) is 4.93. The molecule has 104 valence electrons. The van der Waals surface area contributed by atoms with Crippen molar-refractivity contribution >= 4 is 17.6 Å². The number of rotatable bonds is 4. The van der Waals surface area contributed by atoms with E-state index < -0.39 is 0 Å². The average molecular weight is 286 g/mol. The van der Waals surface area contributed by atoms with E-state index in [2.05, 4.69) is 17.2 Å². The Morgan fingerprint density at radius 1 is 1.30 bits per heavy atom. The van der Waals surface area contributed by atoms with Crippen LogP contribution in [0.2, 0.25) is 0 Å². The van der Waals surface area contributed by atoms with E-state index in [0.29, 0.717) is 0 Å². The van der Waals surface area contributed by atoms with Crippen LogP contribution in [-0.2, 0) is 11.5 Å². The Morgan fingerprint density at radius 3 is 3.00 bits per heavy atom. The van der Waals surface area contributed by atoms with Crippen LogP contribution in [0.5, 0.6) is 0 Å². The summed E-state index contributed by atoms with van der Waals surface area (Å²) in [6, 6.07) is 1.99. The van der Waals surface area contributed by atoms with Crippen molar-refractivity contribution in [3.63, 3.8) is 0 Å². The molecule has 0 amide bonds. The van der Waals surface area contributed by atoms with E-state index in [0.717, 1.165) is 47.2 Å². The van der Waals surface area contributed by atoms with Crippen LogP contribution in [0.3, 0.4) is 0 Å². The highest BCUT2D eigenvalue weighted by atomic mass is 32.2. The molecule has 1 N–H and O–H groups in total. The average Bonchev–Trinajstić information content (AvgIpc) is 2.93. The van der Waals surface area contributed by atoms with Gasteiger partial charge in [0, 0.05) is 41.6 Å². The van der Waals surface area contributed by atoms with E-state index in [-0.39, 0.29) is 0 Å². The molecule has 0 spiro atoms. The van der Waals surface area contributed by atoms with Crippen molar-refractivity contribution in [3.8, 4) is 11.4 Å². The standard InChI is InChI=1S/C15H18N4S/c1-3-5-17-14-12-8-20-9-13(12)18-15(19-14)11-4-6-16-7-10(11)2/h4,6-7H,3,5,8-9H2,1-2H3,(H,17,18,19). The molecule has 0 radical (unpaired) electrons. The van der Waals surface area contributed by atoms with Crippen LogP contribution < -0.4 is 5.32 Å². The number of nitrogens with zero attached hydrogens (tertiary/aromatic N) is 3. The quantitative estimate of drug-likeness (QED) is 0.933. The minimum Gasteiger partial charge on any atom is -0.370 e. The van der Waals surface area contributed by atoms with Crippen molar-refractivity contribution in [1.29, 1.82) is 0 Å². The third-order valence-corrected chi connectivity index (χ3v) is 4.35. The first-order valence-electron chi connectivity index (χ1n) is 6.92. The maximum Gasteiger partial charge on any atom is 0.162 e. The number of fused-ring (bicyclic) bond motifs is 1. The molecule has 20 heavy (non-hydrogen) atoms. The van der Waals surface area contributed by atoms with Crippen molar-refractivity contribution in [2.75, 3.05) is 11.9 Å². The lowest BCUT2D eigenvalue weighted by atomic mass is 10.1. The van der Waals surface area contributed by atoms with Crippen LogP contribution in [0.1, 0.15) is 30.2 Å². The Kier molecular flexibility index (Phi) is 3.87. The second kappa shape index (κ2) is 5.79. The summed E-state index contributed by atoms with van der Waals surface area (Å²) in [5.74, 6) is 3.81. The van der Waals surface area contributed by atoms with Crippen molar-refractivity contribution < 1.29 is 0 Å². The zero-order valence-electron chi connectivity index (χ0n) is 11.8. The van der Waals surface area contributed by atoms with E-state index >= 15 is 0 Å². The SMILES string of the molecule is CCCNc1nc(-c2ccncc2C)nc2c1CSC2. The van der Waals surface area contributed by atoms with Gasteiger partial charge in [0.05, 0.1) is 5.69 Å². The highest BCUT2D eigenvalue weighted by Gasteiger charge is 2.20. The summed E-state index contributed by atoms with van der Waals surface area (Å²) in [5.41, 5.74) is 4.63. The highest BCUT2D eigenvalue weighted by molar-refractivity contribution is 7.98.